The number of piperidine rings is 1. The van der Waals surface area contributed by atoms with E-state index in [2.05, 4.69) is 15.5 Å². The van der Waals surface area contributed by atoms with Crippen LogP contribution in [-0.4, -0.2) is 59.2 Å². The molecule has 40 heavy (non-hydrogen) atoms. The van der Waals surface area contributed by atoms with Gasteiger partial charge in [0, 0.05) is 12.6 Å². The number of carbonyl (C=O) groups is 1. The number of aliphatic hydroxyl groups excluding tert-OH is 1. The largest absolute Gasteiger partial charge is 0.424 e. The number of benzene rings is 2. The van der Waals surface area contributed by atoms with Crippen molar-refractivity contribution in [1.82, 2.24) is 10.2 Å². The van der Waals surface area contributed by atoms with Gasteiger partial charge >= 0.3 is 12.2 Å². The average Bonchev–Trinajstić information content (AvgIpc) is 2.92. The Bertz CT molecular complexity index is 1130. The van der Waals surface area contributed by atoms with Crippen LogP contribution in [0.25, 0.3) is 0 Å². The van der Waals surface area contributed by atoms with E-state index in [1.807, 2.05) is 6.07 Å². The molecule has 0 aromatic heterocycles. The number of rotatable bonds is 8. The van der Waals surface area contributed by atoms with Crippen LogP contribution in [0.3, 0.4) is 0 Å². The van der Waals surface area contributed by atoms with E-state index >= 15 is 0 Å². The molecule has 1 unspecified atom stereocenters. The molecule has 4 N–H and O–H groups in total. The van der Waals surface area contributed by atoms with Crippen LogP contribution >= 0.6 is 0 Å². The highest BCUT2D eigenvalue weighted by molar-refractivity contribution is 5.89. The third-order valence-corrected chi connectivity index (χ3v) is 8.05. The van der Waals surface area contributed by atoms with Crippen LogP contribution in [0.2, 0.25) is 0 Å². The maximum atomic E-state index is 14.7. The van der Waals surface area contributed by atoms with Crippen molar-refractivity contribution >= 4 is 11.7 Å². The van der Waals surface area contributed by atoms with Gasteiger partial charge in [0.2, 0.25) is 5.60 Å². The molecule has 2 aromatic rings. The Morgan fingerprint density at radius 3 is 2.15 bits per heavy atom. The summed E-state index contributed by atoms with van der Waals surface area (Å²) in [6.07, 6.45) is -0.353. The second kappa shape index (κ2) is 12.8. The number of nitrogens with one attached hydrogen (secondary N) is 2. The minimum Gasteiger partial charge on any atom is -0.393 e. The lowest BCUT2D eigenvalue weighted by Crippen LogP contribution is -2.44. The van der Waals surface area contributed by atoms with E-state index in [0.29, 0.717) is 44.6 Å². The molecule has 1 aliphatic heterocycles. The van der Waals surface area contributed by atoms with Gasteiger partial charge in [-0.15, -0.1) is 0 Å². The molecule has 2 amide bonds. The molecule has 1 heterocycles. The summed E-state index contributed by atoms with van der Waals surface area (Å²) in [6.45, 7) is 0.105. The number of nitrogens with zero attached hydrogens (tertiary/aromatic N) is 1. The monoisotopic (exact) mass is 569 g/mol. The van der Waals surface area contributed by atoms with Crippen molar-refractivity contribution in [3.63, 3.8) is 0 Å². The van der Waals surface area contributed by atoms with Crippen LogP contribution < -0.4 is 10.6 Å². The van der Waals surface area contributed by atoms with Crippen molar-refractivity contribution in [2.24, 2.45) is 5.92 Å². The maximum Gasteiger partial charge on any atom is 0.424 e. The van der Waals surface area contributed by atoms with Crippen LogP contribution in [-0.2, 0) is 18.6 Å². The topological polar surface area (TPSA) is 84.8 Å². The number of aliphatic hydroxyl groups is 2. The summed E-state index contributed by atoms with van der Waals surface area (Å²) in [7, 11) is 0. The van der Waals surface area contributed by atoms with Crippen LogP contribution in [0, 0.1) is 11.7 Å². The minimum absolute atomic E-state index is 0.0354. The zero-order valence-corrected chi connectivity index (χ0v) is 22.2. The molecule has 11 heteroatoms. The lowest BCUT2D eigenvalue weighted by atomic mass is 9.89. The number of likely N-dealkylation sites (tertiary alicyclic amines) is 1. The number of hydrogen-bond donors (Lipinski definition) is 4. The predicted octanol–water partition coefficient (Wildman–Crippen LogP) is 5.42. The second-order valence-electron chi connectivity index (χ2n) is 11.0. The molecule has 0 radical (unpaired) electrons. The lowest BCUT2D eigenvalue weighted by Gasteiger charge is -2.32. The second-order valence-corrected chi connectivity index (χ2v) is 11.0. The first-order chi connectivity index (χ1) is 19.0. The predicted molar refractivity (Wildman–Crippen MR) is 141 cm³/mol. The van der Waals surface area contributed by atoms with E-state index in [0.717, 1.165) is 49.2 Å². The van der Waals surface area contributed by atoms with E-state index in [9.17, 15) is 37.0 Å². The van der Waals surface area contributed by atoms with E-state index in [1.54, 1.807) is 6.07 Å². The van der Waals surface area contributed by atoms with Crippen molar-refractivity contribution in [3.05, 3.63) is 65.0 Å². The summed E-state index contributed by atoms with van der Waals surface area (Å²) in [4.78, 5) is 14.4. The fourth-order valence-electron chi connectivity index (χ4n) is 5.49. The maximum absolute atomic E-state index is 14.7. The third-order valence-electron chi connectivity index (χ3n) is 8.05. The molecule has 0 spiro atoms. The number of urea groups is 1. The summed E-state index contributed by atoms with van der Waals surface area (Å²) in [6, 6.07) is 9.51. The number of carbonyl (C=O) groups excluding carboxylic acids is 1. The zero-order chi connectivity index (χ0) is 28.9. The number of alkyl halides is 4. The number of amides is 2. The minimum atomic E-state index is -5.11. The standard InChI is InChI=1S/C29H36F5N3O3/c30-18-28(40,29(32,33)34)22-4-1-20(2-5-22)17-37-13-11-19(12-14-37)15-21-3-10-26(25(31)16-21)36-27(39)35-23-6-8-24(38)9-7-23/h1-5,10,16,19,23-24,38,40H,6-9,11-15,17-18H2,(H2,35,36,39). The van der Waals surface area contributed by atoms with Crippen molar-refractivity contribution in [1.29, 1.82) is 0 Å². The van der Waals surface area contributed by atoms with Gasteiger partial charge in [-0.05, 0) is 92.8 Å². The summed E-state index contributed by atoms with van der Waals surface area (Å²) >= 11 is 0. The van der Waals surface area contributed by atoms with E-state index in [-0.39, 0.29) is 17.8 Å². The van der Waals surface area contributed by atoms with Gasteiger partial charge < -0.3 is 20.8 Å². The highest BCUT2D eigenvalue weighted by atomic mass is 19.4. The Morgan fingerprint density at radius 1 is 0.950 bits per heavy atom. The fourth-order valence-corrected chi connectivity index (χ4v) is 5.49. The summed E-state index contributed by atoms with van der Waals surface area (Å²) in [5, 5.41) is 24.7. The Labute approximate surface area is 230 Å². The molecule has 220 valence electrons. The average molecular weight is 570 g/mol. The molecule has 2 aromatic carbocycles. The van der Waals surface area contributed by atoms with Gasteiger partial charge in [-0.3, -0.25) is 4.90 Å². The zero-order valence-electron chi connectivity index (χ0n) is 22.2. The summed E-state index contributed by atoms with van der Waals surface area (Å²) in [5.41, 5.74) is -2.32. The van der Waals surface area contributed by atoms with E-state index in [4.69, 9.17) is 0 Å². The van der Waals surface area contributed by atoms with Crippen LogP contribution in [0.15, 0.2) is 42.5 Å². The molecular weight excluding hydrogens is 533 g/mol. The smallest absolute Gasteiger partial charge is 0.393 e. The first-order valence-electron chi connectivity index (χ1n) is 13.7. The molecule has 4 rings (SSSR count). The number of anilines is 1. The quantitative estimate of drug-likeness (QED) is 0.320. The molecule has 2 aliphatic rings. The summed E-state index contributed by atoms with van der Waals surface area (Å²) in [5.74, 6) is -0.161. The Balaban J connectivity index is 1.23. The van der Waals surface area contributed by atoms with Gasteiger partial charge in [-0.25, -0.2) is 13.6 Å². The van der Waals surface area contributed by atoms with Gasteiger partial charge in [0.15, 0.2) is 0 Å². The lowest BCUT2D eigenvalue weighted by molar-refractivity contribution is -0.271. The first-order valence-corrected chi connectivity index (χ1v) is 13.7. The van der Waals surface area contributed by atoms with Crippen molar-refractivity contribution in [3.8, 4) is 0 Å². The van der Waals surface area contributed by atoms with Gasteiger partial charge in [-0.1, -0.05) is 30.3 Å². The van der Waals surface area contributed by atoms with Gasteiger partial charge in [-0.2, -0.15) is 13.2 Å². The SMILES string of the molecule is O=C(Nc1ccc(CC2CCN(Cc3ccc(C(O)(CF)C(F)(F)F)cc3)CC2)cc1F)NC1CCC(O)CC1. The first kappa shape index (κ1) is 30.2. The van der Waals surface area contributed by atoms with Crippen LogP contribution in [0.1, 0.15) is 55.2 Å². The molecule has 1 saturated heterocycles. The van der Waals surface area contributed by atoms with Crippen LogP contribution in [0.5, 0.6) is 0 Å². The Kier molecular flexibility index (Phi) is 9.68. The van der Waals surface area contributed by atoms with Crippen LogP contribution in [0.4, 0.5) is 32.4 Å². The Morgan fingerprint density at radius 2 is 1.57 bits per heavy atom. The molecule has 6 nitrogen and oxygen atoms in total. The normalized spacial score (nSPS) is 22.5. The van der Waals surface area contributed by atoms with Gasteiger partial charge in [0.05, 0.1) is 11.8 Å². The Hall–Kier alpha value is -2.76. The molecule has 1 aliphatic carbocycles. The van der Waals surface area contributed by atoms with Crippen molar-refractivity contribution < 1.29 is 37.0 Å². The van der Waals surface area contributed by atoms with E-state index in [1.165, 1.54) is 18.2 Å². The number of halogens is 5. The fraction of sp³-hybridized carbons (Fsp3) is 0.552. The summed E-state index contributed by atoms with van der Waals surface area (Å²) < 4.78 is 67.0. The molecule has 1 saturated carbocycles. The molecular formula is C29H36F5N3O3. The molecule has 2 fully saturated rings. The van der Waals surface area contributed by atoms with E-state index < -0.39 is 35.9 Å². The van der Waals surface area contributed by atoms with Crippen molar-refractivity contribution in [2.75, 3.05) is 25.1 Å². The number of hydrogen-bond acceptors (Lipinski definition) is 4. The van der Waals surface area contributed by atoms with Gasteiger partial charge in [0.1, 0.15) is 12.5 Å². The highest BCUT2D eigenvalue weighted by Crippen LogP contribution is 2.39. The highest BCUT2D eigenvalue weighted by Gasteiger charge is 2.55. The molecule has 0 bridgehead atoms. The molecule has 1 atom stereocenters. The van der Waals surface area contributed by atoms with Gasteiger partial charge in [0.25, 0.3) is 0 Å². The third kappa shape index (κ3) is 7.50. The van der Waals surface area contributed by atoms with Crippen molar-refractivity contribution in [2.45, 2.75) is 75.4 Å².